The summed E-state index contributed by atoms with van der Waals surface area (Å²) in [7, 11) is 2.16. The lowest BCUT2D eigenvalue weighted by Gasteiger charge is -2.29. The molecule has 1 N–H and O–H groups in total. The molecule has 0 amide bonds. The lowest BCUT2D eigenvalue weighted by Crippen LogP contribution is -2.45. The summed E-state index contributed by atoms with van der Waals surface area (Å²) in [4.78, 5) is 2.33. The van der Waals surface area contributed by atoms with Gasteiger partial charge in [-0.2, -0.15) is 0 Å². The van der Waals surface area contributed by atoms with Gasteiger partial charge in [-0.3, -0.25) is 0 Å². The number of likely N-dealkylation sites (N-methyl/N-ethyl adjacent to an activating group) is 1. The second kappa shape index (κ2) is 5.96. The minimum Gasteiger partial charge on any atom is -0.374 e. The van der Waals surface area contributed by atoms with Crippen LogP contribution in [0.4, 0.5) is 0 Å². The van der Waals surface area contributed by atoms with Gasteiger partial charge in [0.1, 0.15) is 0 Å². The van der Waals surface area contributed by atoms with Crippen molar-refractivity contribution in [3.63, 3.8) is 0 Å². The summed E-state index contributed by atoms with van der Waals surface area (Å²) in [5.41, 5.74) is 0. The van der Waals surface area contributed by atoms with Gasteiger partial charge in [-0.1, -0.05) is 0 Å². The molecule has 0 aromatic rings. The van der Waals surface area contributed by atoms with E-state index >= 15 is 0 Å². The highest BCUT2D eigenvalue weighted by atomic mass is 16.5. The molecule has 16 heavy (non-hydrogen) atoms. The third-order valence-electron chi connectivity index (χ3n) is 3.35. The molecule has 0 aromatic heterocycles. The van der Waals surface area contributed by atoms with E-state index in [1.54, 1.807) is 0 Å². The highest BCUT2D eigenvalue weighted by Crippen LogP contribution is 2.19. The van der Waals surface area contributed by atoms with Crippen molar-refractivity contribution < 1.29 is 9.47 Å². The number of nitrogens with one attached hydrogen (secondary N) is 1. The minimum atomic E-state index is 0.345. The molecule has 3 unspecified atom stereocenters. The van der Waals surface area contributed by atoms with E-state index in [9.17, 15) is 0 Å². The highest BCUT2D eigenvalue weighted by Gasteiger charge is 2.24. The van der Waals surface area contributed by atoms with Crippen LogP contribution in [-0.2, 0) is 9.47 Å². The van der Waals surface area contributed by atoms with Gasteiger partial charge in [-0.15, -0.1) is 0 Å². The van der Waals surface area contributed by atoms with Crippen LogP contribution >= 0.6 is 0 Å². The van der Waals surface area contributed by atoms with Crippen molar-refractivity contribution in [1.29, 1.82) is 0 Å². The largest absolute Gasteiger partial charge is 0.374 e. The van der Waals surface area contributed by atoms with Gasteiger partial charge in [-0.05, 0) is 26.8 Å². The average Bonchev–Trinajstić information content (AvgIpc) is 2.65. The SMILES string of the molecule is CC1CCC(CN(C)CC2CNCCO2)O1. The predicted octanol–water partition coefficient (Wildman–Crippen LogP) is 0.474. The fraction of sp³-hybridized carbons (Fsp3) is 1.00. The Hall–Kier alpha value is -0.160. The molecule has 2 fully saturated rings. The zero-order chi connectivity index (χ0) is 11.4. The molecule has 3 atom stereocenters. The van der Waals surface area contributed by atoms with Gasteiger partial charge in [0.2, 0.25) is 0 Å². The molecule has 0 saturated carbocycles. The lowest BCUT2D eigenvalue weighted by atomic mass is 10.2. The van der Waals surface area contributed by atoms with Crippen molar-refractivity contribution in [3.05, 3.63) is 0 Å². The van der Waals surface area contributed by atoms with E-state index in [0.29, 0.717) is 18.3 Å². The van der Waals surface area contributed by atoms with E-state index in [0.717, 1.165) is 32.8 Å². The molecule has 2 heterocycles. The van der Waals surface area contributed by atoms with Crippen molar-refractivity contribution >= 4 is 0 Å². The van der Waals surface area contributed by atoms with E-state index in [1.165, 1.54) is 12.8 Å². The van der Waals surface area contributed by atoms with Gasteiger partial charge in [0.25, 0.3) is 0 Å². The Morgan fingerprint density at radius 2 is 2.06 bits per heavy atom. The van der Waals surface area contributed by atoms with Crippen LogP contribution in [0, 0.1) is 0 Å². The van der Waals surface area contributed by atoms with Crippen LogP contribution in [-0.4, -0.2) is 63.0 Å². The Bertz CT molecular complexity index is 200. The number of ether oxygens (including phenoxy) is 2. The van der Waals surface area contributed by atoms with Gasteiger partial charge in [0, 0.05) is 26.2 Å². The number of morpholine rings is 1. The number of rotatable bonds is 4. The van der Waals surface area contributed by atoms with Crippen molar-refractivity contribution in [2.45, 2.75) is 38.1 Å². The van der Waals surface area contributed by atoms with E-state index < -0.39 is 0 Å². The van der Waals surface area contributed by atoms with Crippen LogP contribution in [0.15, 0.2) is 0 Å². The molecule has 2 rings (SSSR count). The smallest absolute Gasteiger partial charge is 0.0826 e. The molecule has 0 aromatic carbocycles. The van der Waals surface area contributed by atoms with Crippen molar-refractivity contribution in [2.24, 2.45) is 0 Å². The third-order valence-corrected chi connectivity index (χ3v) is 3.35. The fourth-order valence-electron chi connectivity index (χ4n) is 2.53. The predicted molar refractivity (Wildman–Crippen MR) is 63.7 cm³/mol. The van der Waals surface area contributed by atoms with Gasteiger partial charge in [0.15, 0.2) is 0 Å². The first-order valence-corrected chi connectivity index (χ1v) is 6.40. The normalized spacial score (nSPS) is 35.8. The van der Waals surface area contributed by atoms with Crippen molar-refractivity contribution in [2.75, 3.05) is 39.8 Å². The average molecular weight is 228 g/mol. The summed E-state index contributed by atoms with van der Waals surface area (Å²) >= 11 is 0. The Kier molecular flexibility index (Phi) is 4.58. The molecule has 94 valence electrons. The Labute approximate surface area is 98.3 Å². The maximum atomic E-state index is 5.82. The molecule has 2 saturated heterocycles. The topological polar surface area (TPSA) is 33.7 Å². The van der Waals surface area contributed by atoms with Crippen LogP contribution in [0.1, 0.15) is 19.8 Å². The summed E-state index contributed by atoms with van der Waals surface area (Å²) in [6.07, 6.45) is 3.63. The summed E-state index contributed by atoms with van der Waals surface area (Å²) < 4.78 is 11.5. The summed E-state index contributed by atoms with van der Waals surface area (Å²) in [6, 6.07) is 0. The summed E-state index contributed by atoms with van der Waals surface area (Å²) in [5, 5.41) is 3.36. The Balaban J connectivity index is 1.65. The zero-order valence-electron chi connectivity index (χ0n) is 10.4. The van der Waals surface area contributed by atoms with Crippen LogP contribution in [0.2, 0.25) is 0 Å². The van der Waals surface area contributed by atoms with E-state index in [4.69, 9.17) is 9.47 Å². The monoisotopic (exact) mass is 228 g/mol. The molecular formula is C12H24N2O2. The molecule has 0 spiro atoms. The van der Waals surface area contributed by atoms with Crippen LogP contribution < -0.4 is 5.32 Å². The highest BCUT2D eigenvalue weighted by molar-refractivity contribution is 4.76. The first-order chi connectivity index (χ1) is 7.74. The van der Waals surface area contributed by atoms with Crippen molar-refractivity contribution in [1.82, 2.24) is 10.2 Å². The van der Waals surface area contributed by atoms with Crippen LogP contribution in [0.3, 0.4) is 0 Å². The number of hydrogen-bond acceptors (Lipinski definition) is 4. The molecule has 2 aliphatic heterocycles. The second-order valence-corrected chi connectivity index (χ2v) is 5.06. The van der Waals surface area contributed by atoms with E-state index in [2.05, 4.69) is 24.2 Å². The van der Waals surface area contributed by atoms with Gasteiger partial charge in [0.05, 0.1) is 24.9 Å². The second-order valence-electron chi connectivity index (χ2n) is 5.06. The maximum absolute atomic E-state index is 5.82. The van der Waals surface area contributed by atoms with Gasteiger partial charge >= 0.3 is 0 Å². The molecule has 0 bridgehead atoms. The van der Waals surface area contributed by atoms with Crippen LogP contribution in [0.25, 0.3) is 0 Å². The Morgan fingerprint density at radius 3 is 2.69 bits per heavy atom. The van der Waals surface area contributed by atoms with Gasteiger partial charge in [-0.25, -0.2) is 0 Å². The third kappa shape index (κ3) is 3.70. The zero-order valence-corrected chi connectivity index (χ0v) is 10.4. The first kappa shape index (κ1) is 12.3. The fourth-order valence-corrected chi connectivity index (χ4v) is 2.53. The standard InChI is InChI=1S/C12H24N2O2/c1-10-3-4-11(16-10)8-14(2)9-12-7-13-5-6-15-12/h10-13H,3-9H2,1-2H3. The molecule has 0 aliphatic carbocycles. The molecule has 4 nitrogen and oxygen atoms in total. The van der Waals surface area contributed by atoms with Crippen LogP contribution in [0.5, 0.6) is 0 Å². The first-order valence-electron chi connectivity index (χ1n) is 6.40. The molecule has 4 heteroatoms. The van der Waals surface area contributed by atoms with E-state index in [1.807, 2.05) is 0 Å². The Morgan fingerprint density at radius 1 is 1.25 bits per heavy atom. The molecule has 0 radical (unpaired) electrons. The molecule has 2 aliphatic rings. The molecular weight excluding hydrogens is 204 g/mol. The van der Waals surface area contributed by atoms with E-state index in [-0.39, 0.29) is 0 Å². The quantitative estimate of drug-likeness (QED) is 0.758. The number of nitrogens with zero attached hydrogens (tertiary/aromatic N) is 1. The summed E-state index contributed by atoms with van der Waals surface area (Å²) in [5.74, 6) is 0. The maximum Gasteiger partial charge on any atom is 0.0826 e. The number of hydrogen-bond donors (Lipinski definition) is 1. The summed E-state index contributed by atoms with van der Waals surface area (Å²) in [6.45, 7) is 7.00. The van der Waals surface area contributed by atoms with Crippen molar-refractivity contribution in [3.8, 4) is 0 Å². The van der Waals surface area contributed by atoms with Gasteiger partial charge < -0.3 is 19.7 Å². The lowest BCUT2D eigenvalue weighted by molar-refractivity contribution is -0.00695. The minimum absolute atomic E-state index is 0.345.